The van der Waals surface area contributed by atoms with Gasteiger partial charge in [-0.3, -0.25) is 9.69 Å². The first-order valence-electron chi connectivity index (χ1n) is 6.17. The van der Waals surface area contributed by atoms with Gasteiger partial charge in [-0.25, -0.2) is 4.39 Å². The van der Waals surface area contributed by atoms with Crippen LogP contribution in [0.2, 0.25) is 0 Å². The summed E-state index contributed by atoms with van der Waals surface area (Å²) < 4.78 is 13.2. The molecule has 1 fully saturated rings. The Kier molecular flexibility index (Phi) is 4.28. The van der Waals surface area contributed by atoms with E-state index in [1.807, 2.05) is 11.0 Å². The van der Waals surface area contributed by atoms with E-state index in [0.717, 1.165) is 18.5 Å². The molecule has 0 spiro atoms. The van der Waals surface area contributed by atoms with Crippen LogP contribution in [0, 0.1) is 5.82 Å². The highest BCUT2D eigenvalue weighted by Gasteiger charge is 2.23. The zero-order valence-electron chi connectivity index (χ0n) is 10.2. The minimum absolute atomic E-state index is 0.00218. The summed E-state index contributed by atoms with van der Waals surface area (Å²) in [4.78, 5) is 13.6. The van der Waals surface area contributed by atoms with Gasteiger partial charge < -0.3 is 11.1 Å². The summed E-state index contributed by atoms with van der Waals surface area (Å²) in [5.41, 5.74) is 6.61. The molecule has 1 atom stereocenters. The maximum absolute atomic E-state index is 13.2. The second kappa shape index (κ2) is 5.93. The van der Waals surface area contributed by atoms with Crippen LogP contribution in [0.1, 0.15) is 18.0 Å². The van der Waals surface area contributed by atoms with E-state index in [2.05, 4.69) is 5.32 Å². The normalized spacial score (nSPS) is 19.1. The largest absolute Gasteiger partial charge is 0.355 e. The quantitative estimate of drug-likeness (QED) is 0.829. The lowest BCUT2D eigenvalue weighted by molar-refractivity contribution is -0.121. The van der Waals surface area contributed by atoms with Crippen LogP contribution in [0.15, 0.2) is 24.3 Å². The molecule has 0 aliphatic carbocycles. The highest BCUT2D eigenvalue weighted by atomic mass is 19.1. The number of halogens is 1. The molecule has 0 aromatic heterocycles. The van der Waals surface area contributed by atoms with Gasteiger partial charge in [0.25, 0.3) is 0 Å². The molecule has 4 nitrogen and oxygen atoms in total. The summed E-state index contributed by atoms with van der Waals surface area (Å²) in [6, 6.07) is 6.31. The van der Waals surface area contributed by atoms with Crippen LogP contribution in [0.5, 0.6) is 0 Å². The Morgan fingerprint density at radius 2 is 2.33 bits per heavy atom. The van der Waals surface area contributed by atoms with Gasteiger partial charge in [-0.2, -0.15) is 0 Å². The lowest BCUT2D eigenvalue weighted by atomic mass is 10.0. The Balaban J connectivity index is 2.19. The molecular formula is C13H18FN3O. The summed E-state index contributed by atoms with van der Waals surface area (Å²) in [6.45, 7) is 2.17. The Labute approximate surface area is 106 Å². The number of nitrogens with zero attached hydrogens (tertiary/aromatic N) is 1. The fourth-order valence-corrected chi connectivity index (χ4v) is 2.31. The van der Waals surface area contributed by atoms with Gasteiger partial charge in [0.1, 0.15) is 5.82 Å². The Bertz CT molecular complexity index is 424. The van der Waals surface area contributed by atoms with Crippen molar-refractivity contribution in [3.05, 3.63) is 35.6 Å². The van der Waals surface area contributed by atoms with Crippen molar-refractivity contribution in [1.29, 1.82) is 0 Å². The summed E-state index contributed by atoms with van der Waals surface area (Å²) in [5, 5.41) is 2.82. The van der Waals surface area contributed by atoms with E-state index in [9.17, 15) is 9.18 Å². The van der Waals surface area contributed by atoms with Crippen molar-refractivity contribution in [1.82, 2.24) is 10.2 Å². The highest BCUT2D eigenvalue weighted by molar-refractivity contribution is 5.78. The predicted molar refractivity (Wildman–Crippen MR) is 67.4 cm³/mol. The molecule has 3 N–H and O–H groups in total. The topological polar surface area (TPSA) is 58.4 Å². The van der Waals surface area contributed by atoms with Gasteiger partial charge in [0.2, 0.25) is 5.91 Å². The van der Waals surface area contributed by atoms with Crippen LogP contribution in [-0.4, -0.2) is 37.0 Å². The number of hydrogen-bond donors (Lipinski definition) is 2. The molecule has 2 rings (SSSR count). The van der Waals surface area contributed by atoms with Crippen molar-refractivity contribution in [3.8, 4) is 0 Å². The van der Waals surface area contributed by atoms with Crippen molar-refractivity contribution >= 4 is 5.91 Å². The number of rotatable bonds is 3. The minimum Gasteiger partial charge on any atom is -0.355 e. The second-order valence-corrected chi connectivity index (χ2v) is 4.48. The Morgan fingerprint density at radius 3 is 3.06 bits per heavy atom. The second-order valence-electron chi connectivity index (χ2n) is 4.48. The van der Waals surface area contributed by atoms with E-state index >= 15 is 0 Å². The summed E-state index contributed by atoms with van der Waals surface area (Å²) in [6.07, 6.45) is 0.886. The fourth-order valence-electron chi connectivity index (χ4n) is 2.31. The molecule has 0 bridgehead atoms. The standard InChI is InChI=1S/C13H18FN3O/c14-11-4-1-3-10(7-11)12(8-15)17-6-2-5-16-13(18)9-17/h1,3-4,7,12H,2,5-6,8-9,15H2,(H,16,18). The summed E-state index contributed by atoms with van der Waals surface area (Å²) in [5.74, 6) is -0.271. The number of amides is 1. The smallest absolute Gasteiger partial charge is 0.234 e. The maximum atomic E-state index is 13.2. The molecule has 1 aromatic carbocycles. The van der Waals surface area contributed by atoms with Gasteiger partial charge in [-0.15, -0.1) is 0 Å². The third kappa shape index (κ3) is 3.05. The molecule has 0 saturated carbocycles. The zero-order valence-corrected chi connectivity index (χ0v) is 10.2. The van der Waals surface area contributed by atoms with E-state index in [1.165, 1.54) is 12.1 Å². The summed E-state index contributed by atoms with van der Waals surface area (Å²) >= 11 is 0. The first kappa shape index (κ1) is 13.0. The van der Waals surface area contributed by atoms with Crippen molar-refractivity contribution in [2.45, 2.75) is 12.5 Å². The average molecular weight is 251 g/mol. The minimum atomic E-state index is -0.273. The number of carbonyl (C=O) groups excluding carboxylic acids is 1. The molecule has 1 heterocycles. The van der Waals surface area contributed by atoms with Crippen molar-refractivity contribution in [3.63, 3.8) is 0 Å². The van der Waals surface area contributed by atoms with E-state index < -0.39 is 0 Å². The molecule has 18 heavy (non-hydrogen) atoms. The van der Waals surface area contributed by atoms with Crippen molar-refractivity contribution in [2.24, 2.45) is 5.73 Å². The number of carbonyl (C=O) groups is 1. The van der Waals surface area contributed by atoms with Crippen LogP contribution >= 0.6 is 0 Å². The summed E-state index contributed by atoms with van der Waals surface area (Å²) in [7, 11) is 0. The van der Waals surface area contributed by atoms with E-state index in [-0.39, 0.29) is 17.8 Å². The average Bonchev–Trinajstić information content (AvgIpc) is 2.55. The molecule has 1 saturated heterocycles. The third-order valence-corrected chi connectivity index (χ3v) is 3.19. The lowest BCUT2D eigenvalue weighted by Crippen LogP contribution is -2.38. The van der Waals surface area contributed by atoms with E-state index in [1.54, 1.807) is 6.07 Å². The van der Waals surface area contributed by atoms with E-state index in [0.29, 0.717) is 19.6 Å². The van der Waals surface area contributed by atoms with Gasteiger partial charge in [0.05, 0.1) is 6.54 Å². The first-order chi connectivity index (χ1) is 8.70. The van der Waals surface area contributed by atoms with Crippen LogP contribution < -0.4 is 11.1 Å². The van der Waals surface area contributed by atoms with Crippen LogP contribution in [0.3, 0.4) is 0 Å². The van der Waals surface area contributed by atoms with Gasteiger partial charge in [-0.05, 0) is 24.1 Å². The SMILES string of the molecule is NCC(c1cccc(F)c1)N1CCCNC(=O)C1. The highest BCUT2D eigenvalue weighted by Crippen LogP contribution is 2.21. The van der Waals surface area contributed by atoms with Crippen molar-refractivity contribution in [2.75, 3.05) is 26.2 Å². The Morgan fingerprint density at radius 1 is 1.50 bits per heavy atom. The molecular weight excluding hydrogens is 233 g/mol. The Hall–Kier alpha value is -1.46. The molecule has 1 aliphatic heterocycles. The number of nitrogens with one attached hydrogen (secondary N) is 1. The lowest BCUT2D eigenvalue weighted by Gasteiger charge is -2.29. The predicted octanol–water partition coefficient (Wildman–Crippen LogP) is 0.647. The molecule has 1 amide bonds. The molecule has 98 valence electrons. The van der Waals surface area contributed by atoms with Gasteiger partial charge in [0, 0.05) is 25.7 Å². The third-order valence-electron chi connectivity index (χ3n) is 3.19. The molecule has 1 unspecified atom stereocenters. The zero-order chi connectivity index (χ0) is 13.0. The van der Waals surface area contributed by atoms with Gasteiger partial charge in [0.15, 0.2) is 0 Å². The number of hydrogen-bond acceptors (Lipinski definition) is 3. The van der Waals surface area contributed by atoms with Crippen LogP contribution in [-0.2, 0) is 4.79 Å². The van der Waals surface area contributed by atoms with Gasteiger partial charge >= 0.3 is 0 Å². The molecule has 0 radical (unpaired) electrons. The van der Waals surface area contributed by atoms with Crippen molar-refractivity contribution < 1.29 is 9.18 Å². The maximum Gasteiger partial charge on any atom is 0.234 e. The van der Waals surface area contributed by atoms with Gasteiger partial charge in [-0.1, -0.05) is 12.1 Å². The molecule has 1 aliphatic rings. The first-order valence-corrected chi connectivity index (χ1v) is 6.17. The number of benzene rings is 1. The van der Waals surface area contributed by atoms with E-state index in [4.69, 9.17) is 5.73 Å². The number of nitrogens with two attached hydrogens (primary N) is 1. The molecule has 1 aromatic rings. The fraction of sp³-hybridized carbons (Fsp3) is 0.462. The molecule has 5 heteroatoms. The monoisotopic (exact) mass is 251 g/mol. The van der Waals surface area contributed by atoms with Crippen LogP contribution in [0.25, 0.3) is 0 Å². The van der Waals surface area contributed by atoms with Crippen LogP contribution in [0.4, 0.5) is 4.39 Å².